The highest BCUT2D eigenvalue weighted by Gasteiger charge is 2.29. The summed E-state index contributed by atoms with van der Waals surface area (Å²) < 4.78 is 0. The minimum absolute atomic E-state index is 0.0285. The van der Waals surface area contributed by atoms with E-state index in [9.17, 15) is 4.79 Å². The van der Waals surface area contributed by atoms with Crippen LogP contribution in [0.4, 0.5) is 0 Å². The molecule has 18 heavy (non-hydrogen) atoms. The van der Waals surface area contributed by atoms with Crippen molar-refractivity contribution < 1.29 is 4.79 Å². The van der Waals surface area contributed by atoms with Gasteiger partial charge in [0.25, 0.3) is 0 Å². The van der Waals surface area contributed by atoms with E-state index in [0.29, 0.717) is 6.04 Å². The lowest BCUT2D eigenvalue weighted by atomic mass is 10.1. The van der Waals surface area contributed by atoms with Crippen molar-refractivity contribution in [3.05, 3.63) is 35.9 Å². The smallest absolute Gasteiger partial charge is 0.239 e. The fourth-order valence-corrected chi connectivity index (χ4v) is 2.43. The molecule has 0 aliphatic carbocycles. The van der Waals surface area contributed by atoms with Gasteiger partial charge in [0, 0.05) is 19.6 Å². The number of aryl methyl sites for hydroxylation is 1. The summed E-state index contributed by atoms with van der Waals surface area (Å²) >= 11 is 0. The molecule has 1 saturated heterocycles. The zero-order chi connectivity index (χ0) is 13.0. The minimum Gasteiger partial charge on any atom is -0.344 e. The molecule has 1 aromatic carbocycles. The van der Waals surface area contributed by atoms with E-state index in [1.165, 1.54) is 5.56 Å². The summed E-state index contributed by atoms with van der Waals surface area (Å²) in [5, 5.41) is 3.44. The van der Waals surface area contributed by atoms with Crippen LogP contribution in [0, 0.1) is 0 Å². The Hall–Kier alpha value is -1.35. The first-order chi connectivity index (χ1) is 8.66. The highest BCUT2D eigenvalue weighted by atomic mass is 16.2. The standard InChI is InChI=1S/C15H22N2O/c1-12(8-9-13-6-4-3-5-7-13)16-14-10-11-17(2)15(14)18/h3-7,12,14,16H,8-11H2,1-2H3. The summed E-state index contributed by atoms with van der Waals surface area (Å²) in [6.07, 6.45) is 3.06. The first-order valence-corrected chi connectivity index (χ1v) is 6.72. The van der Waals surface area contributed by atoms with Crippen LogP contribution in [0.3, 0.4) is 0 Å². The van der Waals surface area contributed by atoms with E-state index in [-0.39, 0.29) is 11.9 Å². The van der Waals surface area contributed by atoms with Crippen LogP contribution in [-0.4, -0.2) is 36.5 Å². The second-order valence-electron chi connectivity index (χ2n) is 5.19. The van der Waals surface area contributed by atoms with Crippen molar-refractivity contribution in [1.82, 2.24) is 10.2 Å². The second kappa shape index (κ2) is 6.01. The number of benzene rings is 1. The number of rotatable bonds is 5. The molecule has 0 bridgehead atoms. The van der Waals surface area contributed by atoms with Gasteiger partial charge < -0.3 is 10.2 Å². The molecule has 0 radical (unpaired) electrons. The molecule has 98 valence electrons. The number of likely N-dealkylation sites (tertiary alicyclic amines) is 1. The number of carbonyl (C=O) groups is 1. The summed E-state index contributed by atoms with van der Waals surface area (Å²) in [4.78, 5) is 13.6. The van der Waals surface area contributed by atoms with E-state index in [1.807, 2.05) is 18.0 Å². The van der Waals surface area contributed by atoms with Crippen LogP contribution in [0.15, 0.2) is 30.3 Å². The van der Waals surface area contributed by atoms with Crippen molar-refractivity contribution in [3.8, 4) is 0 Å². The highest BCUT2D eigenvalue weighted by molar-refractivity contribution is 5.83. The molecule has 1 amide bonds. The molecule has 2 rings (SSSR count). The van der Waals surface area contributed by atoms with Crippen molar-refractivity contribution in [2.75, 3.05) is 13.6 Å². The van der Waals surface area contributed by atoms with Crippen LogP contribution < -0.4 is 5.32 Å². The van der Waals surface area contributed by atoms with Gasteiger partial charge in [-0.1, -0.05) is 30.3 Å². The lowest BCUT2D eigenvalue weighted by Crippen LogP contribution is -2.41. The number of hydrogen-bond acceptors (Lipinski definition) is 2. The predicted molar refractivity (Wildman–Crippen MR) is 73.4 cm³/mol. The van der Waals surface area contributed by atoms with E-state index in [2.05, 4.69) is 36.5 Å². The predicted octanol–water partition coefficient (Wildman–Crippen LogP) is 1.83. The largest absolute Gasteiger partial charge is 0.344 e. The van der Waals surface area contributed by atoms with Crippen LogP contribution in [0.1, 0.15) is 25.3 Å². The van der Waals surface area contributed by atoms with Gasteiger partial charge in [-0.15, -0.1) is 0 Å². The number of carbonyl (C=O) groups excluding carboxylic acids is 1. The Balaban J connectivity index is 1.76. The van der Waals surface area contributed by atoms with Gasteiger partial charge >= 0.3 is 0 Å². The SMILES string of the molecule is CC(CCc1ccccc1)NC1CCN(C)C1=O. The zero-order valence-electron chi connectivity index (χ0n) is 11.2. The first-order valence-electron chi connectivity index (χ1n) is 6.72. The Bertz CT molecular complexity index is 391. The number of likely N-dealkylation sites (N-methyl/N-ethyl adjacent to an activating group) is 1. The molecule has 1 heterocycles. The molecule has 1 N–H and O–H groups in total. The van der Waals surface area contributed by atoms with Crippen molar-refractivity contribution in [2.24, 2.45) is 0 Å². The molecule has 2 unspecified atom stereocenters. The maximum Gasteiger partial charge on any atom is 0.239 e. The van der Waals surface area contributed by atoms with Crippen LogP contribution in [-0.2, 0) is 11.2 Å². The highest BCUT2D eigenvalue weighted by Crippen LogP contribution is 2.11. The van der Waals surface area contributed by atoms with E-state index in [4.69, 9.17) is 0 Å². The number of amides is 1. The van der Waals surface area contributed by atoms with Crippen LogP contribution >= 0.6 is 0 Å². The van der Waals surface area contributed by atoms with Gasteiger partial charge in [-0.05, 0) is 31.7 Å². The number of hydrogen-bond donors (Lipinski definition) is 1. The molecule has 2 atom stereocenters. The van der Waals surface area contributed by atoms with E-state index < -0.39 is 0 Å². The molecule has 0 spiro atoms. The molecule has 1 aliphatic rings. The van der Waals surface area contributed by atoms with Crippen molar-refractivity contribution in [2.45, 2.75) is 38.3 Å². The summed E-state index contributed by atoms with van der Waals surface area (Å²) in [5.74, 6) is 0.238. The van der Waals surface area contributed by atoms with Gasteiger partial charge in [-0.2, -0.15) is 0 Å². The van der Waals surface area contributed by atoms with E-state index >= 15 is 0 Å². The molecule has 1 aliphatic heterocycles. The molecule has 0 aromatic heterocycles. The molecular weight excluding hydrogens is 224 g/mol. The minimum atomic E-state index is 0.0285. The fourth-order valence-electron chi connectivity index (χ4n) is 2.43. The zero-order valence-corrected chi connectivity index (χ0v) is 11.2. The molecular formula is C15H22N2O. The summed E-state index contributed by atoms with van der Waals surface area (Å²) in [6.45, 7) is 3.04. The fraction of sp³-hybridized carbons (Fsp3) is 0.533. The number of nitrogens with zero attached hydrogens (tertiary/aromatic N) is 1. The van der Waals surface area contributed by atoms with Crippen LogP contribution in [0.25, 0.3) is 0 Å². The topological polar surface area (TPSA) is 32.3 Å². The quantitative estimate of drug-likeness (QED) is 0.859. The van der Waals surface area contributed by atoms with Gasteiger partial charge in [0.2, 0.25) is 5.91 Å². The van der Waals surface area contributed by atoms with Crippen LogP contribution in [0.2, 0.25) is 0 Å². The normalized spacial score (nSPS) is 21.3. The van der Waals surface area contributed by atoms with Crippen molar-refractivity contribution in [1.29, 1.82) is 0 Å². The van der Waals surface area contributed by atoms with Crippen molar-refractivity contribution in [3.63, 3.8) is 0 Å². The summed E-state index contributed by atoms with van der Waals surface area (Å²) in [6, 6.07) is 10.9. The number of nitrogens with one attached hydrogen (secondary N) is 1. The Kier molecular flexibility index (Phi) is 4.37. The van der Waals surface area contributed by atoms with Gasteiger partial charge in [0.1, 0.15) is 0 Å². The lowest BCUT2D eigenvalue weighted by Gasteiger charge is -2.18. The first kappa shape index (κ1) is 13.1. The second-order valence-corrected chi connectivity index (χ2v) is 5.19. The van der Waals surface area contributed by atoms with Crippen LogP contribution in [0.5, 0.6) is 0 Å². The van der Waals surface area contributed by atoms with Gasteiger partial charge in [-0.3, -0.25) is 4.79 Å². The molecule has 0 saturated carbocycles. The third-order valence-electron chi connectivity index (χ3n) is 3.62. The van der Waals surface area contributed by atoms with Gasteiger partial charge in [0.15, 0.2) is 0 Å². The van der Waals surface area contributed by atoms with E-state index in [1.54, 1.807) is 0 Å². The molecule has 3 heteroatoms. The Morgan fingerprint density at radius 1 is 1.39 bits per heavy atom. The lowest BCUT2D eigenvalue weighted by molar-refractivity contribution is -0.128. The maximum atomic E-state index is 11.8. The third-order valence-corrected chi connectivity index (χ3v) is 3.62. The summed E-state index contributed by atoms with van der Waals surface area (Å²) in [7, 11) is 1.87. The third kappa shape index (κ3) is 3.33. The van der Waals surface area contributed by atoms with Gasteiger partial charge in [-0.25, -0.2) is 0 Å². The maximum absolute atomic E-state index is 11.8. The van der Waals surface area contributed by atoms with Gasteiger partial charge in [0.05, 0.1) is 6.04 Å². The molecule has 3 nitrogen and oxygen atoms in total. The average Bonchev–Trinajstić information content (AvgIpc) is 2.70. The Morgan fingerprint density at radius 3 is 2.72 bits per heavy atom. The summed E-state index contributed by atoms with van der Waals surface area (Å²) in [5.41, 5.74) is 1.36. The Labute approximate surface area is 109 Å². The Morgan fingerprint density at radius 2 is 2.11 bits per heavy atom. The average molecular weight is 246 g/mol. The molecule has 1 aromatic rings. The monoisotopic (exact) mass is 246 g/mol. The molecule has 1 fully saturated rings. The van der Waals surface area contributed by atoms with Crippen molar-refractivity contribution >= 4 is 5.91 Å². The van der Waals surface area contributed by atoms with E-state index in [0.717, 1.165) is 25.8 Å².